The maximum absolute atomic E-state index is 11.7. The van der Waals surface area contributed by atoms with E-state index < -0.39 is 0 Å². The SMILES string of the molecule is CCCCCCCCCCC(=O)Nc1cccnc1Cl. The van der Waals surface area contributed by atoms with Gasteiger partial charge in [-0.2, -0.15) is 0 Å². The van der Waals surface area contributed by atoms with Crippen molar-refractivity contribution >= 4 is 23.2 Å². The van der Waals surface area contributed by atoms with Crippen molar-refractivity contribution in [1.82, 2.24) is 4.98 Å². The molecule has 0 fully saturated rings. The van der Waals surface area contributed by atoms with Gasteiger partial charge in [-0.25, -0.2) is 4.98 Å². The molecule has 0 aromatic carbocycles. The summed E-state index contributed by atoms with van der Waals surface area (Å²) in [7, 11) is 0. The maximum Gasteiger partial charge on any atom is 0.224 e. The summed E-state index contributed by atoms with van der Waals surface area (Å²) in [4.78, 5) is 15.7. The number of halogens is 1. The molecule has 0 atom stereocenters. The van der Waals surface area contributed by atoms with E-state index in [9.17, 15) is 4.79 Å². The molecule has 0 unspecified atom stereocenters. The van der Waals surface area contributed by atoms with Crippen molar-refractivity contribution < 1.29 is 4.79 Å². The highest BCUT2D eigenvalue weighted by Gasteiger charge is 2.05. The predicted octanol–water partition coefficient (Wildman–Crippen LogP) is 5.20. The lowest BCUT2D eigenvalue weighted by molar-refractivity contribution is -0.116. The van der Waals surface area contributed by atoms with Crippen LogP contribution in [0.5, 0.6) is 0 Å². The van der Waals surface area contributed by atoms with Gasteiger partial charge in [0.1, 0.15) is 0 Å². The second kappa shape index (κ2) is 10.7. The van der Waals surface area contributed by atoms with Crippen LogP contribution < -0.4 is 5.32 Å². The lowest BCUT2D eigenvalue weighted by atomic mass is 10.1. The van der Waals surface area contributed by atoms with Crippen LogP contribution in [0, 0.1) is 0 Å². The Labute approximate surface area is 127 Å². The summed E-state index contributed by atoms with van der Waals surface area (Å²) in [6.45, 7) is 2.23. The molecule has 0 saturated heterocycles. The molecule has 0 aliphatic carbocycles. The van der Waals surface area contributed by atoms with Gasteiger partial charge in [-0.1, -0.05) is 63.5 Å². The average molecular weight is 297 g/mol. The van der Waals surface area contributed by atoms with Gasteiger partial charge in [-0.15, -0.1) is 0 Å². The minimum atomic E-state index is 0.0193. The van der Waals surface area contributed by atoms with Crippen LogP contribution in [0.2, 0.25) is 5.15 Å². The third-order valence-corrected chi connectivity index (χ3v) is 3.59. The number of nitrogens with one attached hydrogen (secondary N) is 1. The number of unbranched alkanes of at least 4 members (excludes halogenated alkanes) is 7. The number of pyridine rings is 1. The fraction of sp³-hybridized carbons (Fsp3) is 0.625. The number of rotatable bonds is 10. The van der Waals surface area contributed by atoms with Gasteiger partial charge in [0, 0.05) is 12.6 Å². The number of amides is 1. The Kier molecular flexibility index (Phi) is 9.05. The average Bonchev–Trinajstić information content (AvgIpc) is 2.44. The molecule has 0 radical (unpaired) electrons. The molecule has 1 N–H and O–H groups in total. The first-order valence-electron chi connectivity index (χ1n) is 7.64. The zero-order valence-electron chi connectivity index (χ0n) is 12.3. The predicted molar refractivity (Wildman–Crippen MR) is 85.1 cm³/mol. The zero-order chi connectivity index (χ0) is 14.6. The van der Waals surface area contributed by atoms with Crippen LogP contribution in [0.4, 0.5) is 5.69 Å². The second-order valence-electron chi connectivity index (χ2n) is 5.11. The molecule has 0 spiro atoms. The van der Waals surface area contributed by atoms with Crippen LogP contribution in [0.1, 0.15) is 64.7 Å². The molecule has 1 rings (SSSR count). The fourth-order valence-electron chi connectivity index (χ4n) is 2.11. The quantitative estimate of drug-likeness (QED) is 0.476. The molecule has 112 valence electrons. The van der Waals surface area contributed by atoms with E-state index in [0.29, 0.717) is 17.3 Å². The van der Waals surface area contributed by atoms with Crippen LogP contribution in [0.15, 0.2) is 18.3 Å². The highest BCUT2D eigenvalue weighted by Crippen LogP contribution is 2.18. The number of aromatic nitrogens is 1. The van der Waals surface area contributed by atoms with E-state index in [4.69, 9.17) is 11.6 Å². The summed E-state index contributed by atoms with van der Waals surface area (Å²) >= 11 is 5.89. The van der Waals surface area contributed by atoms with E-state index in [-0.39, 0.29) is 5.91 Å². The summed E-state index contributed by atoms with van der Waals surface area (Å²) < 4.78 is 0. The molecule has 0 aliphatic heterocycles. The number of hydrogen-bond donors (Lipinski definition) is 1. The van der Waals surface area contributed by atoms with Gasteiger partial charge in [0.25, 0.3) is 0 Å². The smallest absolute Gasteiger partial charge is 0.224 e. The molecule has 1 amide bonds. The molecular formula is C16H25ClN2O. The Morgan fingerprint density at radius 1 is 1.15 bits per heavy atom. The van der Waals surface area contributed by atoms with E-state index in [2.05, 4.69) is 17.2 Å². The van der Waals surface area contributed by atoms with Gasteiger partial charge in [-0.05, 0) is 18.6 Å². The standard InChI is InChI=1S/C16H25ClN2O/c1-2-3-4-5-6-7-8-9-12-15(20)19-14-11-10-13-18-16(14)17/h10-11,13H,2-9,12H2,1H3,(H,19,20). The van der Waals surface area contributed by atoms with Crippen molar-refractivity contribution in [3.63, 3.8) is 0 Å². The van der Waals surface area contributed by atoms with E-state index in [1.165, 1.54) is 38.5 Å². The Balaban J connectivity index is 2.05. The number of carbonyl (C=O) groups is 1. The van der Waals surface area contributed by atoms with Crippen LogP contribution in [-0.2, 0) is 4.79 Å². The van der Waals surface area contributed by atoms with Crippen molar-refractivity contribution in [2.45, 2.75) is 64.7 Å². The summed E-state index contributed by atoms with van der Waals surface area (Å²) in [6.07, 6.45) is 12.0. The molecule has 0 aliphatic rings. The molecule has 0 saturated carbocycles. The van der Waals surface area contributed by atoms with Gasteiger partial charge in [0.2, 0.25) is 5.91 Å². The lowest BCUT2D eigenvalue weighted by Crippen LogP contribution is -2.11. The number of hydrogen-bond acceptors (Lipinski definition) is 2. The van der Waals surface area contributed by atoms with Gasteiger partial charge >= 0.3 is 0 Å². The summed E-state index contributed by atoms with van der Waals surface area (Å²) in [5.41, 5.74) is 0.596. The van der Waals surface area contributed by atoms with Crippen molar-refractivity contribution in [3.8, 4) is 0 Å². The summed E-state index contributed by atoms with van der Waals surface area (Å²) in [5.74, 6) is 0.0193. The molecule has 1 aromatic rings. The summed E-state index contributed by atoms with van der Waals surface area (Å²) in [6, 6.07) is 3.53. The molecule has 1 heterocycles. The van der Waals surface area contributed by atoms with Crippen LogP contribution in [0.3, 0.4) is 0 Å². The van der Waals surface area contributed by atoms with Gasteiger partial charge in [0.15, 0.2) is 5.15 Å². The van der Waals surface area contributed by atoms with Gasteiger partial charge in [0.05, 0.1) is 5.69 Å². The van der Waals surface area contributed by atoms with Crippen molar-refractivity contribution in [2.75, 3.05) is 5.32 Å². The minimum absolute atomic E-state index is 0.0193. The highest BCUT2D eigenvalue weighted by atomic mass is 35.5. The van der Waals surface area contributed by atoms with E-state index in [0.717, 1.165) is 12.8 Å². The fourth-order valence-corrected chi connectivity index (χ4v) is 2.28. The zero-order valence-corrected chi connectivity index (χ0v) is 13.1. The van der Waals surface area contributed by atoms with Gasteiger partial charge in [-0.3, -0.25) is 4.79 Å². The largest absolute Gasteiger partial charge is 0.323 e. The van der Waals surface area contributed by atoms with E-state index in [1.54, 1.807) is 18.3 Å². The van der Waals surface area contributed by atoms with Gasteiger partial charge < -0.3 is 5.32 Å². The first-order valence-corrected chi connectivity index (χ1v) is 8.02. The van der Waals surface area contributed by atoms with E-state index >= 15 is 0 Å². The Hall–Kier alpha value is -1.09. The van der Waals surface area contributed by atoms with Crippen LogP contribution >= 0.6 is 11.6 Å². The van der Waals surface area contributed by atoms with E-state index in [1.807, 2.05) is 0 Å². The Morgan fingerprint density at radius 2 is 1.80 bits per heavy atom. The number of anilines is 1. The third-order valence-electron chi connectivity index (χ3n) is 3.29. The molecular weight excluding hydrogens is 272 g/mol. The highest BCUT2D eigenvalue weighted by molar-refractivity contribution is 6.32. The third kappa shape index (κ3) is 7.49. The number of carbonyl (C=O) groups excluding carboxylic acids is 1. The monoisotopic (exact) mass is 296 g/mol. The normalized spacial score (nSPS) is 10.5. The van der Waals surface area contributed by atoms with Crippen molar-refractivity contribution in [3.05, 3.63) is 23.5 Å². The first kappa shape index (κ1) is 17.0. The Morgan fingerprint density at radius 3 is 2.45 bits per heavy atom. The molecule has 3 nitrogen and oxygen atoms in total. The first-order chi connectivity index (χ1) is 9.74. The maximum atomic E-state index is 11.7. The second-order valence-corrected chi connectivity index (χ2v) is 5.47. The molecule has 0 bridgehead atoms. The molecule has 1 aromatic heterocycles. The van der Waals surface area contributed by atoms with Crippen LogP contribution in [-0.4, -0.2) is 10.9 Å². The molecule has 4 heteroatoms. The van der Waals surface area contributed by atoms with Crippen molar-refractivity contribution in [1.29, 1.82) is 0 Å². The van der Waals surface area contributed by atoms with Crippen LogP contribution in [0.25, 0.3) is 0 Å². The van der Waals surface area contributed by atoms with Crippen molar-refractivity contribution in [2.24, 2.45) is 0 Å². The summed E-state index contributed by atoms with van der Waals surface area (Å²) in [5, 5.41) is 3.14. The molecule has 20 heavy (non-hydrogen) atoms. The minimum Gasteiger partial charge on any atom is -0.323 e. The Bertz CT molecular complexity index is 396. The number of nitrogens with zero attached hydrogens (tertiary/aromatic N) is 1. The topological polar surface area (TPSA) is 42.0 Å². The lowest BCUT2D eigenvalue weighted by Gasteiger charge is -2.06.